The molecule has 3 rings (SSSR count). The van der Waals surface area contributed by atoms with Crippen molar-refractivity contribution in [1.29, 1.82) is 0 Å². The maximum absolute atomic E-state index is 12.9. The Morgan fingerprint density at radius 3 is 2.27 bits per heavy atom. The summed E-state index contributed by atoms with van der Waals surface area (Å²) < 4.78 is 12.9. The van der Waals surface area contributed by atoms with E-state index in [2.05, 4.69) is 16.0 Å². The van der Waals surface area contributed by atoms with Gasteiger partial charge in [-0.15, -0.1) is 11.8 Å². The van der Waals surface area contributed by atoms with Gasteiger partial charge in [-0.3, -0.25) is 4.79 Å². The van der Waals surface area contributed by atoms with E-state index in [0.717, 1.165) is 17.1 Å². The number of anilines is 2. The monoisotopic (exact) mass is 423 g/mol. The van der Waals surface area contributed by atoms with Crippen LogP contribution >= 0.6 is 11.8 Å². The molecule has 0 fully saturated rings. The largest absolute Gasteiger partial charge is 0.338 e. The summed E-state index contributed by atoms with van der Waals surface area (Å²) in [6.07, 6.45) is 0.780. The predicted molar refractivity (Wildman–Crippen MR) is 120 cm³/mol. The van der Waals surface area contributed by atoms with E-state index < -0.39 is 0 Å². The van der Waals surface area contributed by atoms with Gasteiger partial charge in [-0.25, -0.2) is 9.18 Å². The molecule has 0 bridgehead atoms. The van der Waals surface area contributed by atoms with Gasteiger partial charge in [-0.2, -0.15) is 0 Å². The Labute approximate surface area is 179 Å². The summed E-state index contributed by atoms with van der Waals surface area (Å²) >= 11 is 1.61. The Kier molecular flexibility index (Phi) is 7.86. The molecule has 5 nitrogen and oxygen atoms in total. The van der Waals surface area contributed by atoms with E-state index in [1.807, 2.05) is 6.07 Å². The lowest BCUT2D eigenvalue weighted by Gasteiger charge is -2.10. The Balaban J connectivity index is 1.40. The van der Waals surface area contributed by atoms with Gasteiger partial charge in [0, 0.05) is 28.4 Å². The standard InChI is InChI=1S/C23H22FN3O2S/c24-18-10-12-21(13-11-18)30-15-5-14-25-23(29)27-20-9-4-8-19(16-20)26-22(28)17-6-2-1-3-7-17/h1-4,6-13,16H,5,14-15H2,(H,26,28)(H2,25,27,29). The number of halogens is 1. The zero-order chi connectivity index (χ0) is 21.2. The fraction of sp³-hybridized carbons (Fsp3) is 0.130. The van der Waals surface area contributed by atoms with E-state index in [1.54, 1.807) is 72.4 Å². The molecular formula is C23H22FN3O2S. The highest BCUT2D eigenvalue weighted by atomic mass is 32.2. The van der Waals surface area contributed by atoms with Crippen molar-refractivity contribution in [2.24, 2.45) is 0 Å². The first-order chi connectivity index (χ1) is 14.6. The number of rotatable bonds is 8. The van der Waals surface area contributed by atoms with Gasteiger partial charge in [-0.1, -0.05) is 24.3 Å². The molecule has 3 aromatic rings. The molecule has 30 heavy (non-hydrogen) atoms. The molecule has 7 heteroatoms. The van der Waals surface area contributed by atoms with Crippen molar-refractivity contribution < 1.29 is 14.0 Å². The minimum atomic E-state index is -0.312. The van der Waals surface area contributed by atoms with E-state index in [0.29, 0.717) is 23.5 Å². The average molecular weight is 424 g/mol. The second-order valence-electron chi connectivity index (χ2n) is 6.44. The van der Waals surface area contributed by atoms with Crippen molar-refractivity contribution in [1.82, 2.24) is 5.32 Å². The number of amides is 3. The lowest BCUT2D eigenvalue weighted by atomic mass is 10.2. The second kappa shape index (κ2) is 11.0. The van der Waals surface area contributed by atoms with Crippen LogP contribution in [0.1, 0.15) is 16.8 Å². The molecule has 0 unspecified atom stereocenters. The van der Waals surface area contributed by atoms with Crippen molar-refractivity contribution in [2.75, 3.05) is 22.9 Å². The van der Waals surface area contributed by atoms with Crippen LogP contribution in [0.3, 0.4) is 0 Å². The smallest absolute Gasteiger partial charge is 0.319 e. The van der Waals surface area contributed by atoms with Crippen molar-refractivity contribution in [3.63, 3.8) is 0 Å². The molecule has 0 aliphatic carbocycles. The SMILES string of the molecule is O=C(NCCCSc1ccc(F)cc1)Nc1cccc(NC(=O)c2ccccc2)c1. The Morgan fingerprint density at radius 2 is 1.53 bits per heavy atom. The lowest BCUT2D eigenvalue weighted by molar-refractivity contribution is 0.102. The zero-order valence-electron chi connectivity index (χ0n) is 16.2. The third-order valence-corrected chi connectivity index (χ3v) is 5.20. The molecule has 3 amide bonds. The number of carbonyl (C=O) groups is 2. The minimum Gasteiger partial charge on any atom is -0.338 e. The summed E-state index contributed by atoms with van der Waals surface area (Å²) in [7, 11) is 0. The van der Waals surface area contributed by atoms with Crippen molar-refractivity contribution >= 4 is 35.1 Å². The molecule has 0 radical (unpaired) electrons. The third-order valence-electron chi connectivity index (χ3n) is 4.10. The predicted octanol–water partition coefficient (Wildman–Crippen LogP) is 5.38. The van der Waals surface area contributed by atoms with Gasteiger partial charge in [0.2, 0.25) is 0 Å². The van der Waals surface area contributed by atoms with Gasteiger partial charge in [0.25, 0.3) is 5.91 Å². The van der Waals surface area contributed by atoms with Gasteiger partial charge in [0.1, 0.15) is 5.82 Å². The van der Waals surface area contributed by atoms with Crippen LogP contribution in [0.25, 0.3) is 0 Å². The van der Waals surface area contributed by atoms with Crippen LogP contribution in [0.5, 0.6) is 0 Å². The van der Waals surface area contributed by atoms with E-state index in [4.69, 9.17) is 0 Å². The van der Waals surface area contributed by atoms with Crippen LogP contribution in [0.2, 0.25) is 0 Å². The minimum absolute atomic E-state index is 0.212. The Morgan fingerprint density at radius 1 is 0.833 bits per heavy atom. The van der Waals surface area contributed by atoms with Crippen LogP contribution in [0.4, 0.5) is 20.6 Å². The van der Waals surface area contributed by atoms with Crippen LogP contribution in [0, 0.1) is 5.82 Å². The van der Waals surface area contributed by atoms with Crippen LogP contribution < -0.4 is 16.0 Å². The highest BCUT2D eigenvalue weighted by Gasteiger charge is 2.07. The summed E-state index contributed by atoms with van der Waals surface area (Å²) in [5.74, 6) is 0.352. The maximum atomic E-state index is 12.9. The van der Waals surface area contributed by atoms with E-state index in [1.165, 1.54) is 12.1 Å². The highest BCUT2D eigenvalue weighted by Crippen LogP contribution is 2.19. The van der Waals surface area contributed by atoms with E-state index >= 15 is 0 Å². The van der Waals surface area contributed by atoms with Gasteiger partial charge in [0.05, 0.1) is 0 Å². The molecule has 0 aromatic heterocycles. The van der Waals surface area contributed by atoms with E-state index in [9.17, 15) is 14.0 Å². The number of carbonyl (C=O) groups excluding carboxylic acids is 2. The zero-order valence-corrected chi connectivity index (χ0v) is 17.0. The molecule has 0 aliphatic rings. The average Bonchev–Trinajstić information content (AvgIpc) is 2.75. The number of hydrogen-bond donors (Lipinski definition) is 3. The molecule has 3 N–H and O–H groups in total. The first kappa shape index (κ1) is 21.4. The first-order valence-electron chi connectivity index (χ1n) is 9.50. The van der Waals surface area contributed by atoms with Gasteiger partial charge in [-0.05, 0) is 66.8 Å². The summed E-state index contributed by atoms with van der Waals surface area (Å²) in [4.78, 5) is 25.3. The van der Waals surface area contributed by atoms with Crippen molar-refractivity contribution in [3.05, 3.63) is 90.2 Å². The molecular weight excluding hydrogens is 401 g/mol. The first-order valence-corrected chi connectivity index (χ1v) is 10.5. The van der Waals surface area contributed by atoms with Crippen LogP contribution in [-0.4, -0.2) is 24.2 Å². The molecule has 0 atom stereocenters. The summed E-state index contributed by atoms with van der Waals surface area (Å²) in [6, 6.07) is 21.9. The fourth-order valence-corrected chi connectivity index (χ4v) is 3.49. The molecule has 0 spiro atoms. The van der Waals surface area contributed by atoms with Crippen LogP contribution in [0.15, 0.2) is 83.8 Å². The summed E-state index contributed by atoms with van der Waals surface area (Å²) in [6.45, 7) is 0.518. The third kappa shape index (κ3) is 6.93. The topological polar surface area (TPSA) is 70.2 Å². The van der Waals surface area contributed by atoms with Gasteiger partial charge >= 0.3 is 6.03 Å². The van der Waals surface area contributed by atoms with Crippen LogP contribution in [-0.2, 0) is 0 Å². The summed E-state index contributed by atoms with van der Waals surface area (Å²) in [5.41, 5.74) is 1.74. The normalized spacial score (nSPS) is 10.3. The van der Waals surface area contributed by atoms with E-state index in [-0.39, 0.29) is 17.8 Å². The number of nitrogens with one attached hydrogen (secondary N) is 3. The summed E-state index contributed by atoms with van der Waals surface area (Å²) in [5, 5.41) is 8.38. The molecule has 0 aliphatic heterocycles. The number of thioether (sulfide) groups is 1. The van der Waals surface area contributed by atoms with Crippen molar-refractivity contribution in [2.45, 2.75) is 11.3 Å². The highest BCUT2D eigenvalue weighted by molar-refractivity contribution is 7.99. The quantitative estimate of drug-likeness (QED) is 0.336. The van der Waals surface area contributed by atoms with Crippen molar-refractivity contribution in [3.8, 4) is 0 Å². The lowest BCUT2D eigenvalue weighted by Crippen LogP contribution is -2.29. The van der Waals surface area contributed by atoms with Gasteiger partial charge < -0.3 is 16.0 Å². The molecule has 0 heterocycles. The molecule has 3 aromatic carbocycles. The molecule has 154 valence electrons. The Bertz CT molecular complexity index is 981. The number of benzene rings is 3. The molecule has 0 saturated heterocycles. The molecule has 0 saturated carbocycles. The number of urea groups is 1. The number of hydrogen-bond acceptors (Lipinski definition) is 3. The Hall–Kier alpha value is -3.32. The fourth-order valence-electron chi connectivity index (χ4n) is 2.64. The van der Waals surface area contributed by atoms with Gasteiger partial charge in [0.15, 0.2) is 0 Å². The maximum Gasteiger partial charge on any atom is 0.319 e. The second-order valence-corrected chi connectivity index (χ2v) is 7.61.